The molecule has 0 atom stereocenters. The average molecular weight is 339 g/mol. The number of hydrogen-bond acceptors (Lipinski definition) is 3. The molecule has 1 N–H and O–H groups in total. The van der Waals surface area contributed by atoms with Crippen LogP contribution in [0.5, 0.6) is 5.75 Å². The van der Waals surface area contributed by atoms with Crippen molar-refractivity contribution in [2.24, 2.45) is 0 Å². The first-order valence-electron chi connectivity index (χ1n) is 6.61. The highest BCUT2D eigenvalue weighted by Crippen LogP contribution is 2.26. The summed E-state index contributed by atoms with van der Waals surface area (Å²) >= 11 is 11.7. The number of hydrogen-bond donors (Lipinski definition) is 1. The second-order valence-electron chi connectivity index (χ2n) is 4.85. The molecule has 2 rings (SSSR count). The third-order valence-electron chi connectivity index (χ3n) is 2.93. The molecule has 0 unspecified atom stereocenters. The molecule has 0 aliphatic rings. The lowest BCUT2D eigenvalue weighted by Gasteiger charge is -2.13. The first-order chi connectivity index (χ1) is 10.5. The summed E-state index contributed by atoms with van der Waals surface area (Å²) in [6, 6.07) is 12.4. The molecule has 0 fully saturated rings. The van der Waals surface area contributed by atoms with Gasteiger partial charge in [-0.05, 0) is 36.4 Å². The molecule has 0 heterocycles. The van der Waals surface area contributed by atoms with E-state index in [0.29, 0.717) is 21.5 Å². The Kier molecular flexibility index (Phi) is 5.52. The van der Waals surface area contributed by atoms with Gasteiger partial charge in [0.15, 0.2) is 6.61 Å². The maximum Gasteiger partial charge on any atom is 0.262 e. The van der Waals surface area contributed by atoms with Gasteiger partial charge < -0.3 is 15.0 Å². The fourth-order valence-corrected chi connectivity index (χ4v) is 2.04. The van der Waals surface area contributed by atoms with Crippen molar-refractivity contribution in [2.45, 2.75) is 0 Å². The number of ether oxygens (including phenoxy) is 1. The second kappa shape index (κ2) is 7.38. The summed E-state index contributed by atoms with van der Waals surface area (Å²) in [6.45, 7) is -0.104. The van der Waals surface area contributed by atoms with E-state index >= 15 is 0 Å². The fraction of sp³-hybridized carbons (Fsp3) is 0.188. The van der Waals surface area contributed by atoms with E-state index < -0.39 is 0 Å². The van der Waals surface area contributed by atoms with Crippen LogP contribution in [0.4, 0.5) is 11.4 Å². The van der Waals surface area contributed by atoms with Gasteiger partial charge in [-0.3, -0.25) is 4.79 Å². The maximum atomic E-state index is 11.9. The van der Waals surface area contributed by atoms with E-state index in [4.69, 9.17) is 27.9 Å². The molecule has 0 bridgehead atoms. The Labute approximate surface area is 139 Å². The van der Waals surface area contributed by atoms with Gasteiger partial charge in [0, 0.05) is 31.5 Å². The smallest absolute Gasteiger partial charge is 0.262 e. The highest BCUT2D eigenvalue weighted by molar-refractivity contribution is 6.42. The number of rotatable bonds is 5. The summed E-state index contributed by atoms with van der Waals surface area (Å²) in [4.78, 5) is 13.8. The molecular formula is C16H16Cl2N2O2. The standard InChI is InChI=1S/C16H16Cl2N2O2/c1-20(2)12-5-3-11(4-6-12)19-16(21)10-22-13-7-8-14(17)15(18)9-13/h3-9H,10H2,1-2H3,(H,19,21). The molecule has 1 amide bonds. The molecule has 4 nitrogen and oxygen atoms in total. The van der Waals surface area contributed by atoms with Crippen LogP contribution in [0.1, 0.15) is 0 Å². The predicted octanol–water partition coefficient (Wildman–Crippen LogP) is 4.08. The SMILES string of the molecule is CN(C)c1ccc(NC(=O)COc2ccc(Cl)c(Cl)c2)cc1. The van der Waals surface area contributed by atoms with Crippen molar-refractivity contribution in [1.29, 1.82) is 0 Å². The van der Waals surface area contributed by atoms with Gasteiger partial charge in [0.1, 0.15) is 5.75 Å². The molecule has 22 heavy (non-hydrogen) atoms. The summed E-state index contributed by atoms with van der Waals surface area (Å²) in [5.74, 6) is 0.246. The lowest BCUT2D eigenvalue weighted by molar-refractivity contribution is -0.118. The monoisotopic (exact) mass is 338 g/mol. The van der Waals surface area contributed by atoms with Crippen LogP contribution in [0.2, 0.25) is 10.0 Å². The number of amides is 1. The Balaban J connectivity index is 1.88. The second-order valence-corrected chi connectivity index (χ2v) is 5.67. The normalized spacial score (nSPS) is 10.2. The number of anilines is 2. The molecule has 2 aromatic carbocycles. The first-order valence-corrected chi connectivity index (χ1v) is 7.36. The van der Waals surface area contributed by atoms with Crippen molar-refractivity contribution in [1.82, 2.24) is 0 Å². The molecule has 2 aromatic rings. The molecule has 0 spiro atoms. The van der Waals surface area contributed by atoms with Crippen molar-refractivity contribution in [3.63, 3.8) is 0 Å². The van der Waals surface area contributed by atoms with Crippen LogP contribution in [0.15, 0.2) is 42.5 Å². The topological polar surface area (TPSA) is 41.6 Å². The largest absolute Gasteiger partial charge is 0.484 e. The van der Waals surface area contributed by atoms with Crippen molar-refractivity contribution in [2.75, 3.05) is 30.9 Å². The van der Waals surface area contributed by atoms with Crippen LogP contribution in [0.25, 0.3) is 0 Å². The van der Waals surface area contributed by atoms with Crippen molar-refractivity contribution < 1.29 is 9.53 Å². The molecule has 0 saturated carbocycles. The van der Waals surface area contributed by atoms with Crippen LogP contribution < -0.4 is 15.0 Å². The quantitative estimate of drug-likeness (QED) is 0.893. The molecule has 0 radical (unpaired) electrons. The first kappa shape index (κ1) is 16.5. The zero-order chi connectivity index (χ0) is 16.1. The van der Waals surface area contributed by atoms with E-state index in [1.165, 1.54) is 0 Å². The number of halogens is 2. The van der Waals surface area contributed by atoms with E-state index in [0.717, 1.165) is 5.69 Å². The summed E-state index contributed by atoms with van der Waals surface area (Å²) in [5, 5.41) is 3.59. The maximum absolute atomic E-state index is 11.9. The van der Waals surface area contributed by atoms with Gasteiger partial charge in [-0.1, -0.05) is 23.2 Å². The molecule has 0 aromatic heterocycles. The zero-order valence-corrected chi connectivity index (χ0v) is 13.8. The van der Waals surface area contributed by atoms with Gasteiger partial charge in [-0.15, -0.1) is 0 Å². The molecular weight excluding hydrogens is 323 g/mol. The minimum atomic E-state index is -0.247. The van der Waals surface area contributed by atoms with Crippen molar-refractivity contribution in [3.8, 4) is 5.75 Å². The van der Waals surface area contributed by atoms with E-state index in [1.54, 1.807) is 18.2 Å². The number of carbonyl (C=O) groups is 1. The number of nitrogens with zero attached hydrogens (tertiary/aromatic N) is 1. The summed E-state index contributed by atoms with van der Waals surface area (Å²) in [5.41, 5.74) is 1.78. The third kappa shape index (κ3) is 4.55. The van der Waals surface area contributed by atoms with Crippen LogP contribution in [0.3, 0.4) is 0 Å². The summed E-state index contributed by atoms with van der Waals surface area (Å²) in [7, 11) is 3.91. The summed E-state index contributed by atoms with van der Waals surface area (Å²) < 4.78 is 5.37. The molecule has 6 heteroatoms. The van der Waals surface area contributed by atoms with Crippen molar-refractivity contribution >= 4 is 40.5 Å². The predicted molar refractivity (Wildman–Crippen MR) is 91.4 cm³/mol. The molecule has 0 aliphatic carbocycles. The third-order valence-corrected chi connectivity index (χ3v) is 3.67. The lowest BCUT2D eigenvalue weighted by Crippen LogP contribution is -2.20. The fourth-order valence-electron chi connectivity index (χ4n) is 1.76. The highest BCUT2D eigenvalue weighted by Gasteiger charge is 2.06. The van der Waals surface area contributed by atoms with Gasteiger partial charge in [0.05, 0.1) is 10.0 Å². The van der Waals surface area contributed by atoms with Crippen LogP contribution in [-0.4, -0.2) is 26.6 Å². The highest BCUT2D eigenvalue weighted by atomic mass is 35.5. The van der Waals surface area contributed by atoms with Crippen molar-refractivity contribution in [3.05, 3.63) is 52.5 Å². The van der Waals surface area contributed by atoms with Gasteiger partial charge >= 0.3 is 0 Å². The van der Waals surface area contributed by atoms with Gasteiger partial charge in [0.2, 0.25) is 0 Å². The van der Waals surface area contributed by atoms with Crippen LogP contribution in [-0.2, 0) is 4.79 Å². The zero-order valence-electron chi connectivity index (χ0n) is 12.3. The Morgan fingerprint density at radius 1 is 1.09 bits per heavy atom. The summed E-state index contributed by atoms with van der Waals surface area (Å²) in [6.07, 6.45) is 0. The number of benzene rings is 2. The Hall–Kier alpha value is -1.91. The minimum absolute atomic E-state index is 0.104. The van der Waals surface area contributed by atoms with E-state index in [1.807, 2.05) is 43.3 Å². The number of carbonyl (C=O) groups excluding carboxylic acids is 1. The number of nitrogens with one attached hydrogen (secondary N) is 1. The van der Waals surface area contributed by atoms with Gasteiger partial charge in [-0.2, -0.15) is 0 Å². The Morgan fingerprint density at radius 3 is 2.36 bits per heavy atom. The lowest BCUT2D eigenvalue weighted by atomic mass is 10.2. The van der Waals surface area contributed by atoms with Gasteiger partial charge in [0.25, 0.3) is 5.91 Å². The van der Waals surface area contributed by atoms with E-state index in [-0.39, 0.29) is 12.5 Å². The minimum Gasteiger partial charge on any atom is -0.484 e. The van der Waals surface area contributed by atoms with Gasteiger partial charge in [-0.25, -0.2) is 0 Å². The van der Waals surface area contributed by atoms with Crippen LogP contribution >= 0.6 is 23.2 Å². The molecule has 0 saturated heterocycles. The average Bonchev–Trinajstić information content (AvgIpc) is 2.49. The Bertz CT molecular complexity index is 658. The van der Waals surface area contributed by atoms with E-state index in [2.05, 4.69) is 5.32 Å². The molecule has 0 aliphatic heterocycles. The van der Waals surface area contributed by atoms with Crippen LogP contribution in [0, 0.1) is 0 Å². The Morgan fingerprint density at radius 2 is 1.77 bits per heavy atom. The van der Waals surface area contributed by atoms with E-state index in [9.17, 15) is 4.79 Å². The molecule has 116 valence electrons.